The zero-order valence-electron chi connectivity index (χ0n) is 12.1. The maximum atomic E-state index is 12.0. The van der Waals surface area contributed by atoms with Crippen molar-refractivity contribution in [1.29, 1.82) is 0 Å². The smallest absolute Gasteiger partial charge is 0.320 e. The van der Waals surface area contributed by atoms with E-state index < -0.39 is 19.4 Å². The maximum absolute atomic E-state index is 12.0. The summed E-state index contributed by atoms with van der Waals surface area (Å²) >= 11 is 0. The van der Waals surface area contributed by atoms with Crippen molar-refractivity contribution in [2.75, 3.05) is 19.8 Å². The monoisotopic (exact) mass is 294 g/mol. The van der Waals surface area contributed by atoms with Crippen molar-refractivity contribution >= 4 is 19.4 Å². The molecule has 0 aromatic rings. The Bertz CT molecular complexity index is 327. The van der Waals surface area contributed by atoms with Crippen LogP contribution in [-0.4, -0.2) is 43.9 Å². The van der Waals surface area contributed by atoms with Crippen molar-refractivity contribution in [3.63, 3.8) is 0 Å². The van der Waals surface area contributed by atoms with E-state index in [1.807, 2.05) is 0 Å². The number of carbonyl (C=O) groups is 2. The standard InChI is InChI=1S/C11H23N2O5P/c1-8(2)17-10(14)6-12-19(5,16)13-7-11(15)18-9(3)4/h8-9H,6-7H2,1-5H3,(H2,12,13,16). The highest BCUT2D eigenvalue weighted by Gasteiger charge is 2.18. The zero-order chi connectivity index (χ0) is 15.1. The van der Waals surface area contributed by atoms with Crippen LogP contribution in [0.2, 0.25) is 0 Å². The molecule has 0 unspecified atom stereocenters. The second kappa shape index (κ2) is 8.30. The lowest BCUT2D eigenvalue weighted by Crippen LogP contribution is -2.32. The van der Waals surface area contributed by atoms with E-state index in [4.69, 9.17) is 9.47 Å². The van der Waals surface area contributed by atoms with Crippen LogP contribution < -0.4 is 10.2 Å². The van der Waals surface area contributed by atoms with E-state index >= 15 is 0 Å². The first-order chi connectivity index (χ1) is 8.62. The molecule has 0 spiro atoms. The van der Waals surface area contributed by atoms with E-state index in [1.54, 1.807) is 27.7 Å². The molecule has 0 saturated carbocycles. The first-order valence-electron chi connectivity index (χ1n) is 6.09. The summed E-state index contributed by atoms with van der Waals surface area (Å²) in [4.78, 5) is 22.5. The van der Waals surface area contributed by atoms with Crippen LogP contribution in [0.5, 0.6) is 0 Å². The van der Waals surface area contributed by atoms with E-state index in [2.05, 4.69) is 10.2 Å². The number of rotatable bonds is 8. The van der Waals surface area contributed by atoms with Gasteiger partial charge in [-0.25, -0.2) is 10.2 Å². The number of esters is 2. The Morgan fingerprint density at radius 1 is 0.947 bits per heavy atom. The van der Waals surface area contributed by atoms with Crippen molar-refractivity contribution in [1.82, 2.24) is 10.2 Å². The van der Waals surface area contributed by atoms with Gasteiger partial charge in [-0.1, -0.05) is 0 Å². The molecule has 0 fully saturated rings. The summed E-state index contributed by atoms with van der Waals surface area (Å²) in [6, 6.07) is 0. The molecule has 2 N–H and O–H groups in total. The van der Waals surface area contributed by atoms with Crippen LogP contribution in [0, 0.1) is 0 Å². The second-order valence-corrected chi connectivity index (χ2v) is 7.15. The van der Waals surface area contributed by atoms with Crippen molar-refractivity contribution in [2.24, 2.45) is 0 Å². The quantitative estimate of drug-likeness (QED) is 0.507. The molecule has 0 bridgehead atoms. The van der Waals surface area contributed by atoms with Gasteiger partial charge >= 0.3 is 11.9 Å². The molecular formula is C11H23N2O5P. The summed E-state index contributed by atoms with van der Waals surface area (Å²) in [6.07, 6.45) is -0.445. The first-order valence-corrected chi connectivity index (χ1v) is 8.24. The molecular weight excluding hydrogens is 271 g/mol. The van der Waals surface area contributed by atoms with Crippen molar-refractivity contribution in [2.45, 2.75) is 39.9 Å². The molecule has 7 nitrogen and oxygen atoms in total. The van der Waals surface area contributed by atoms with Gasteiger partial charge in [-0.15, -0.1) is 0 Å². The highest BCUT2D eigenvalue weighted by molar-refractivity contribution is 7.59. The molecule has 112 valence electrons. The molecule has 0 aliphatic heterocycles. The molecule has 0 aromatic carbocycles. The SMILES string of the molecule is CC(C)OC(=O)CNP(C)(=O)NCC(=O)OC(C)C. The molecule has 0 saturated heterocycles. The Kier molecular flexibility index (Phi) is 7.90. The van der Waals surface area contributed by atoms with Crippen LogP contribution in [0.4, 0.5) is 0 Å². The Labute approximate surface area is 113 Å². The minimum atomic E-state index is -2.99. The first kappa shape index (κ1) is 18.1. The minimum absolute atomic E-state index is 0.182. The molecule has 0 aliphatic carbocycles. The van der Waals surface area contributed by atoms with Crippen LogP contribution in [0.3, 0.4) is 0 Å². The second-order valence-electron chi connectivity index (χ2n) is 4.67. The van der Waals surface area contributed by atoms with Crippen molar-refractivity contribution in [3.05, 3.63) is 0 Å². The number of nitrogens with one attached hydrogen (secondary N) is 2. The fourth-order valence-electron chi connectivity index (χ4n) is 1.10. The third kappa shape index (κ3) is 10.7. The van der Waals surface area contributed by atoms with Gasteiger partial charge in [0.05, 0.1) is 12.2 Å². The lowest BCUT2D eigenvalue weighted by molar-refractivity contribution is -0.146. The number of carbonyl (C=O) groups excluding carboxylic acids is 2. The molecule has 8 heteroatoms. The molecule has 0 amide bonds. The molecule has 19 heavy (non-hydrogen) atoms. The van der Waals surface area contributed by atoms with E-state index in [0.717, 1.165) is 0 Å². The van der Waals surface area contributed by atoms with Crippen LogP contribution in [0.1, 0.15) is 27.7 Å². The third-order valence-electron chi connectivity index (χ3n) is 1.78. The average Bonchev–Trinajstić information content (AvgIpc) is 2.22. The van der Waals surface area contributed by atoms with Crippen molar-refractivity contribution in [3.8, 4) is 0 Å². The summed E-state index contributed by atoms with van der Waals surface area (Å²) in [7, 11) is -2.99. The Morgan fingerprint density at radius 2 is 1.26 bits per heavy atom. The van der Waals surface area contributed by atoms with Gasteiger partial charge < -0.3 is 9.47 Å². The number of hydrogen-bond donors (Lipinski definition) is 2. The van der Waals surface area contributed by atoms with E-state index in [9.17, 15) is 14.2 Å². The van der Waals surface area contributed by atoms with Crippen LogP contribution >= 0.6 is 7.44 Å². The Hall–Kier alpha value is -0.910. The van der Waals surface area contributed by atoms with Gasteiger partial charge in [0.15, 0.2) is 0 Å². The van der Waals surface area contributed by atoms with E-state index in [1.165, 1.54) is 6.66 Å². The lowest BCUT2D eigenvalue weighted by atomic mass is 10.5. The topological polar surface area (TPSA) is 93.7 Å². The molecule has 0 atom stereocenters. The molecule has 0 radical (unpaired) electrons. The maximum Gasteiger partial charge on any atom is 0.320 e. The van der Waals surface area contributed by atoms with Gasteiger partial charge in [0, 0.05) is 6.66 Å². The van der Waals surface area contributed by atoms with Gasteiger partial charge in [-0.2, -0.15) is 0 Å². The zero-order valence-corrected chi connectivity index (χ0v) is 13.0. The molecule has 0 rings (SSSR count). The minimum Gasteiger partial charge on any atom is -0.462 e. The van der Waals surface area contributed by atoms with Crippen molar-refractivity contribution < 1.29 is 23.6 Å². The Morgan fingerprint density at radius 3 is 1.53 bits per heavy atom. The fraction of sp³-hybridized carbons (Fsp3) is 0.818. The van der Waals surface area contributed by atoms with E-state index in [0.29, 0.717) is 0 Å². The summed E-state index contributed by atoms with van der Waals surface area (Å²) in [6.45, 7) is 7.93. The average molecular weight is 294 g/mol. The summed E-state index contributed by atoms with van der Waals surface area (Å²) < 4.78 is 21.7. The lowest BCUT2D eigenvalue weighted by Gasteiger charge is -2.16. The normalized spacial score (nSPS) is 11.7. The molecule has 0 aliphatic rings. The predicted molar refractivity (Wildman–Crippen MR) is 72.0 cm³/mol. The molecule has 0 heterocycles. The van der Waals surface area contributed by atoms with Gasteiger partial charge in [0.2, 0.25) is 7.44 Å². The van der Waals surface area contributed by atoms with E-state index in [-0.39, 0.29) is 25.3 Å². The van der Waals surface area contributed by atoms with Gasteiger partial charge in [0.25, 0.3) is 0 Å². The van der Waals surface area contributed by atoms with Gasteiger partial charge in [-0.3, -0.25) is 14.2 Å². The molecule has 0 aromatic heterocycles. The summed E-state index contributed by atoms with van der Waals surface area (Å²) in [5.74, 6) is -0.993. The van der Waals surface area contributed by atoms with Crippen LogP contribution in [0.15, 0.2) is 0 Å². The summed E-state index contributed by atoms with van der Waals surface area (Å²) in [5, 5.41) is 5.07. The fourth-order valence-corrected chi connectivity index (χ4v) is 2.07. The highest BCUT2D eigenvalue weighted by atomic mass is 31.2. The highest BCUT2D eigenvalue weighted by Crippen LogP contribution is 2.29. The third-order valence-corrected chi connectivity index (χ3v) is 3.31. The number of ether oxygens (including phenoxy) is 2. The van der Waals surface area contributed by atoms with Gasteiger partial charge in [-0.05, 0) is 27.7 Å². The van der Waals surface area contributed by atoms with Crippen LogP contribution in [0.25, 0.3) is 0 Å². The van der Waals surface area contributed by atoms with Crippen LogP contribution in [-0.2, 0) is 23.6 Å². The number of hydrogen-bond acceptors (Lipinski definition) is 5. The van der Waals surface area contributed by atoms with Gasteiger partial charge in [0.1, 0.15) is 13.1 Å². The largest absolute Gasteiger partial charge is 0.462 e. The Balaban J connectivity index is 4.02. The summed E-state index contributed by atoms with van der Waals surface area (Å²) in [5.41, 5.74) is 0. The predicted octanol–water partition coefficient (Wildman–Crippen LogP) is 0.892.